The first-order valence-electron chi connectivity index (χ1n) is 18.6. The van der Waals surface area contributed by atoms with Gasteiger partial charge in [0.1, 0.15) is 86.2 Å². The number of benzene rings is 2. The summed E-state index contributed by atoms with van der Waals surface area (Å²) in [6, 6.07) is 10.5. The van der Waals surface area contributed by atoms with Gasteiger partial charge >= 0.3 is 17.3 Å². The van der Waals surface area contributed by atoms with Crippen LogP contribution in [0.3, 0.4) is 0 Å². The normalized spacial score (nSPS) is 21.4. The molecule has 336 valence electrons. The third kappa shape index (κ3) is 10.1. The fourth-order valence-electron chi connectivity index (χ4n) is 6.73. The van der Waals surface area contributed by atoms with Crippen molar-refractivity contribution in [1.82, 2.24) is 19.1 Å². The molecule has 6 heterocycles. The fourth-order valence-corrected chi connectivity index (χ4v) is 6.73. The Morgan fingerprint density at radius 1 is 0.742 bits per heavy atom. The summed E-state index contributed by atoms with van der Waals surface area (Å²) >= 11 is 0. The Labute approximate surface area is 355 Å². The molecular weight excluding hydrogens is 852 g/mol. The number of nitrogens with zero attached hydrogens (tertiary/aromatic N) is 4. The number of nitrogens with two attached hydrogens (primary N) is 3. The Morgan fingerprint density at radius 2 is 1.21 bits per heavy atom. The van der Waals surface area contributed by atoms with E-state index in [0.29, 0.717) is 59.8 Å². The second-order valence-corrected chi connectivity index (χ2v) is 13.5. The fraction of sp³-hybridized carbons (Fsp3) is 0.400. The first-order chi connectivity index (χ1) is 29.6. The van der Waals surface area contributed by atoms with Crippen LogP contribution >= 0.6 is 0 Å². The summed E-state index contributed by atoms with van der Waals surface area (Å²) in [7, 11) is 0. The number of fused-ring (bicyclic) bond motifs is 4. The summed E-state index contributed by atoms with van der Waals surface area (Å²) in [5.41, 5.74) is 16.0. The van der Waals surface area contributed by atoms with Gasteiger partial charge in [0, 0.05) is 19.4 Å². The van der Waals surface area contributed by atoms with Crippen molar-refractivity contribution in [2.75, 3.05) is 50.2 Å². The summed E-state index contributed by atoms with van der Waals surface area (Å²) in [6.07, 6.45) is -1.54. The molecule has 2 fully saturated rings. The van der Waals surface area contributed by atoms with Crippen molar-refractivity contribution in [1.29, 1.82) is 0 Å². The zero-order chi connectivity index (χ0) is 43.0. The van der Waals surface area contributed by atoms with Gasteiger partial charge in [-0.25, -0.2) is 29.1 Å². The first-order valence-corrected chi connectivity index (χ1v) is 18.6. The molecule has 2 unspecified atom stereocenters. The maximum absolute atomic E-state index is 12.6. The van der Waals surface area contributed by atoms with Crippen LogP contribution in [-0.2, 0) is 29.0 Å². The summed E-state index contributed by atoms with van der Waals surface area (Å²) in [5, 5.41) is 41.5. The van der Waals surface area contributed by atoms with Gasteiger partial charge in [0.15, 0.2) is 34.6 Å². The molecule has 4 aliphatic heterocycles. The molecule has 0 amide bonds. The van der Waals surface area contributed by atoms with Crippen molar-refractivity contribution < 1.29 is 86.4 Å². The molecule has 8 rings (SSSR count). The lowest BCUT2D eigenvalue weighted by molar-refractivity contribution is -0.461. The SMILES string of the molecule is NC(N)=[NH+]CCOc1cccc2c1Nc1nc(=O)n([C@H]3CC(OO)[C@@H](COO)O3)cc1O2.NCCOc1cccc2c1Nc1nc(=O)n([C@H]3CC(OO)[C@@H](COO)O3)cc1O2.[Cl-]. The zero-order valence-corrected chi connectivity index (χ0v) is 33.1. The van der Waals surface area contributed by atoms with Crippen molar-refractivity contribution in [3.63, 3.8) is 0 Å². The van der Waals surface area contributed by atoms with E-state index in [1.54, 1.807) is 36.4 Å². The zero-order valence-electron chi connectivity index (χ0n) is 32.3. The molecule has 2 saturated heterocycles. The van der Waals surface area contributed by atoms with Crippen molar-refractivity contribution >= 4 is 29.0 Å². The summed E-state index contributed by atoms with van der Waals surface area (Å²) in [6.45, 7) is 0.886. The highest BCUT2D eigenvalue weighted by Crippen LogP contribution is 2.47. The lowest BCUT2D eigenvalue weighted by Gasteiger charge is -2.24. The van der Waals surface area contributed by atoms with E-state index in [0.717, 1.165) is 0 Å². The number of anilines is 4. The molecular formula is C35H43ClN10O16. The van der Waals surface area contributed by atoms with Crippen LogP contribution in [-0.4, -0.2) is 110 Å². The topological polar surface area (TPSA) is 359 Å². The summed E-state index contributed by atoms with van der Waals surface area (Å²) < 4.78 is 36.9. The number of para-hydroxylation sites is 2. The number of guanidine groups is 1. The van der Waals surface area contributed by atoms with Crippen LogP contribution < -0.4 is 75.6 Å². The lowest BCUT2D eigenvalue weighted by atomic mass is 10.2. The average molecular weight is 895 g/mol. The van der Waals surface area contributed by atoms with Crippen LogP contribution in [0.2, 0.25) is 0 Å². The van der Waals surface area contributed by atoms with Crippen LogP contribution in [0.15, 0.2) is 58.4 Å². The molecule has 27 heteroatoms. The smallest absolute Gasteiger partial charge is 0.351 e. The summed E-state index contributed by atoms with van der Waals surface area (Å²) in [4.78, 5) is 52.9. The molecule has 0 radical (unpaired) electrons. The molecule has 4 aliphatic rings. The number of rotatable bonds is 15. The van der Waals surface area contributed by atoms with E-state index in [2.05, 4.69) is 45.1 Å². The van der Waals surface area contributed by atoms with E-state index in [-0.39, 0.29) is 68.4 Å². The minimum atomic E-state index is -0.809. The monoisotopic (exact) mass is 894 g/mol. The van der Waals surface area contributed by atoms with E-state index in [1.807, 2.05) is 0 Å². The van der Waals surface area contributed by atoms with E-state index in [4.69, 9.17) is 66.7 Å². The average Bonchev–Trinajstić information content (AvgIpc) is 3.86. The van der Waals surface area contributed by atoms with Crippen LogP contribution in [0.25, 0.3) is 0 Å². The van der Waals surface area contributed by atoms with Crippen LogP contribution in [0.4, 0.5) is 23.0 Å². The highest BCUT2D eigenvalue weighted by molar-refractivity contribution is 5.78. The van der Waals surface area contributed by atoms with Crippen molar-refractivity contribution in [3.05, 3.63) is 69.8 Å². The standard InChI is InChI=1S/C18H22N6O8.C17H20N4O8.ClH/c19-17(20)21-4-5-28-9-2-1-3-10-15(9)22-16-12(30-10)7-24(18(25)23-16)14-6-11(32-27)13(31-14)8-29-26;18-4-5-25-9-2-1-3-10-15(9)19-16-12(27-10)7-21(17(22)20-16)14-6-11(29-24)13(28-14)8-26-23;/h1-3,7,11,13-14,26-27H,4-6,8H2,(H4,19,20,21)(H,22,23,25);1-3,7,11,13-14,23-24H,4-6,8,18H2,(H,19,20,22);1H/t2*11?,13-,14-;/m11./s1. The number of nitrogens with one attached hydrogen (secondary N) is 3. The molecule has 0 saturated carbocycles. The highest BCUT2D eigenvalue weighted by Gasteiger charge is 2.40. The Bertz CT molecular complexity index is 2320. The molecule has 62 heavy (non-hydrogen) atoms. The minimum Gasteiger partial charge on any atom is -1.00 e. The van der Waals surface area contributed by atoms with Gasteiger partial charge in [-0.2, -0.15) is 9.97 Å². The summed E-state index contributed by atoms with van der Waals surface area (Å²) in [5.74, 6) is 3.10. The number of hydrogen-bond donors (Lipinski definition) is 10. The molecule has 26 nitrogen and oxygen atoms in total. The van der Waals surface area contributed by atoms with E-state index in [9.17, 15) is 9.59 Å². The predicted molar refractivity (Wildman–Crippen MR) is 205 cm³/mol. The molecule has 13 N–H and O–H groups in total. The molecule has 6 atom stereocenters. The molecule has 2 aromatic carbocycles. The van der Waals surface area contributed by atoms with Crippen LogP contribution in [0.5, 0.6) is 34.5 Å². The highest BCUT2D eigenvalue weighted by atomic mass is 35.5. The quantitative estimate of drug-likeness (QED) is 0.0157. The molecule has 4 aromatic rings. The first kappa shape index (κ1) is 45.6. The third-order valence-electron chi connectivity index (χ3n) is 9.53. The van der Waals surface area contributed by atoms with Gasteiger partial charge in [0.05, 0.1) is 18.9 Å². The van der Waals surface area contributed by atoms with E-state index in [1.165, 1.54) is 21.5 Å². The number of ether oxygens (including phenoxy) is 6. The van der Waals surface area contributed by atoms with Crippen molar-refractivity contribution in [2.24, 2.45) is 17.2 Å². The van der Waals surface area contributed by atoms with Crippen molar-refractivity contribution in [2.45, 2.75) is 49.7 Å². The molecule has 0 spiro atoms. The van der Waals surface area contributed by atoms with E-state index >= 15 is 0 Å². The maximum atomic E-state index is 12.6. The van der Waals surface area contributed by atoms with Gasteiger partial charge in [0.2, 0.25) is 0 Å². The predicted octanol–water partition coefficient (Wildman–Crippen LogP) is -3.47. The minimum absolute atomic E-state index is 0. The molecule has 0 aliphatic carbocycles. The Hall–Kier alpha value is -5.88. The van der Waals surface area contributed by atoms with Gasteiger partial charge in [-0.3, -0.25) is 46.6 Å². The van der Waals surface area contributed by atoms with Gasteiger partial charge in [-0.15, -0.1) is 0 Å². The third-order valence-corrected chi connectivity index (χ3v) is 9.53. The Balaban J connectivity index is 0.000000204. The van der Waals surface area contributed by atoms with Crippen molar-refractivity contribution in [3.8, 4) is 34.5 Å². The molecule has 2 aromatic heterocycles. The lowest BCUT2D eigenvalue weighted by Crippen LogP contribution is -3.00. The number of hydrogen-bond acceptors (Lipinski definition) is 21. The van der Waals surface area contributed by atoms with Gasteiger partial charge < -0.3 is 57.2 Å². The van der Waals surface area contributed by atoms with Crippen LogP contribution in [0.1, 0.15) is 25.3 Å². The van der Waals surface area contributed by atoms with Crippen LogP contribution in [0, 0.1) is 0 Å². The largest absolute Gasteiger partial charge is 1.00 e. The van der Waals surface area contributed by atoms with Gasteiger partial charge in [-0.1, -0.05) is 12.1 Å². The number of halogens is 1. The van der Waals surface area contributed by atoms with E-state index < -0.39 is 48.3 Å². The van der Waals surface area contributed by atoms with Gasteiger partial charge in [0.25, 0.3) is 0 Å². The Morgan fingerprint density at radius 3 is 1.63 bits per heavy atom. The maximum Gasteiger partial charge on any atom is 0.351 e. The second-order valence-electron chi connectivity index (χ2n) is 13.5. The molecule has 0 bridgehead atoms. The van der Waals surface area contributed by atoms with Gasteiger partial charge in [-0.05, 0) is 24.3 Å². The number of aromatic nitrogens is 4. The Kier molecular flexibility index (Phi) is 15.3. The second kappa shape index (κ2) is 20.8.